The fourth-order valence-electron chi connectivity index (χ4n) is 4.30. The van der Waals surface area contributed by atoms with E-state index in [0.29, 0.717) is 5.92 Å². The number of fused-ring (bicyclic) bond motifs is 1. The fraction of sp³-hybridized carbons (Fsp3) is 0.455. The lowest BCUT2D eigenvalue weighted by Crippen LogP contribution is -2.53. The molecule has 1 saturated heterocycles. The van der Waals surface area contributed by atoms with Gasteiger partial charge in [0.1, 0.15) is 5.82 Å². The number of aromatic nitrogens is 1. The number of aryl methyl sites for hydroxylation is 1. The molecule has 5 nitrogen and oxygen atoms in total. The maximum atomic E-state index is 4.55. The molecule has 5 heteroatoms. The number of nitrogens with one attached hydrogen (secondary N) is 1. The summed E-state index contributed by atoms with van der Waals surface area (Å²) in [6.45, 7) is 4.85. The summed E-state index contributed by atoms with van der Waals surface area (Å²) in [5.41, 5.74) is 3.04. The zero-order valence-corrected chi connectivity index (χ0v) is 16.1. The summed E-state index contributed by atoms with van der Waals surface area (Å²) in [7, 11) is 1.89. The number of piperazine rings is 1. The van der Waals surface area contributed by atoms with E-state index in [4.69, 9.17) is 0 Å². The van der Waals surface area contributed by atoms with Crippen molar-refractivity contribution in [3.63, 3.8) is 0 Å². The minimum absolute atomic E-state index is 0.585. The van der Waals surface area contributed by atoms with Crippen LogP contribution in [0.1, 0.15) is 29.9 Å². The van der Waals surface area contributed by atoms with Crippen LogP contribution >= 0.6 is 0 Å². The third-order valence-electron chi connectivity index (χ3n) is 5.76. The maximum absolute atomic E-state index is 4.55. The van der Waals surface area contributed by atoms with Crippen LogP contribution in [0.5, 0.6) is 0 Å². The lowest BCUT2D eigenvalue weighted by atomic mass is 9.83. The standard InChI is InChI=1S/C22H29N5/c1-23-22(25-17-19-9-6-8-18-7-2-3-10-20(18)19)27-15-13-26(14-16-27)21-11-4-5-12-24-21/h2-5,7,10-12,19H,6,8-9,13-17H2,1H3,(H,23,25). The van der Waals surface area contributed by atoms with Gasteiger partial charge in [-0.1, -0.05) is 30.3 Å². The molecule has 1 aromatic heterocycles. The zero-order valence-electron chi connectivity index (χ0n) is 16.1. The van der Waals surface area contributed by atoms with E-state index in [1.807, 2.05) is 19.3 Å². The normalized spacial score (nSPS) is 20.3. The molecule has 2 heterocycles. The Morgan fingerprint density at radius 1 is 1.11 bits per heavy atom. The zero-order chi connectivity index (χ0) is 18.5. The summed E-state index contributed by atoms with van der Waals surface area (Å²) >= 11 is 0. The van der Waals surface area contributed by atoms with Gasteiger partial charge in [0.05, 0.1) is 0 Å². The Labute approximate surface area is 162 Å². The van der Waals surface area contributed by atoms with Crippen LogP contribution in [0.4, 0.5) is 5.82 Å². The van der Waals surface area contributed by atoms with E-state index in [9.17, 15) is 0 Å². The number of guanidine groups is 1. The summed E-state index contributed by atoms with van der Waals surface area (Å²) in [6.07, 6.45) is 5.63. The van der Waals surface area contributed by atoms with Crippen molar-refractivity contribution < 1.29 is 0 Å². The minimum atomic E-state index is 0.585. The summed E-state index contributed by atoms with van der Waals surface area (Å²) < 4.78 is 0. The SMILES string of the molecule is CN=C(NCC1CCCc2ccccc21)N1CCN(c2ccccn2)CC1. The van der Waals surface area contributed by atoms with E-state index >= 15 is 0 Å². The smallest absolute Gasteiger partial charge is 0.193 e. The molecule has 1 aromatic carbocycles. The molecule has 1 atom stereocenters. The lowest BCUT2D eigenvalue weighted by molar-refractivity contribution is 0.369. The summed E-state index contributed by atoms with van der Waals surface area (Å²) in [4.78, 5) is 13.7. The van der Waals surface area contributed by atoms with Gasteiger partial charge in [-0.05, 0) is 42.5 Å². The molecule has 0 spiro atoms. The quantitative estimate of drug-likeness (QED) is 0.673. The van der Waals surface area contributed by atoms with Gasteiger partial charge in [0.25, 0.3) is 0 Å². The van der Waals surface area contributed by atoms with Crippen molar-refractivity contribution in [2.75, 3.05) is 44.7 Å². The molecule has 1 unspecified atom stereocenters. The topological polar surface area (TPSA) is 43.8 Å². The molecule has 1 aliphatic carbocycles. The first-order valence-corrected chi connectivity index (χ1v) is 10.0. The molecule has 142 valence electrons. The summed E-state index contributed by atoms with van der Waals surface area (Å²) in [5, 5.41) is 3.65. The Morgan fingerprint density at radius 2 is 1.93 bits per heavy atom. The molecule has 2 aromatic rings. The van der Waals surface area contributed by atoms with Crippen LogP contribution in [0, 0.1) is 0 Å². The van der Waals surface area contributed by atoms with Crippen LogP contribution in [-0.2, 0) is 6.42 Å². The van der Waals surface area contributed by atoms with Crippen molar-refractivity contribution in [2.24, 2.45) is 4.99 Å². The van der Waals surface area contributed by atoms with E-state index in [1.54, 1.807) is 0 Å². The van der Waals surface area contributed by atoms with E-state index in [-0.39, 0.29) is 0 Å². The second-order valence-corrected chi connectivity index (χ2v) is 7.38. The van der Waals surface area contributed by atoms with E-state index in [1.165, 1.54) is 30.4 Å². The highest BCUT2D eigenvalue weighted by molar-refractivity contribution is 5.80. The van der Waals surface area contributed by atoms with Crippen LogP contribution in [0.2, 0.25) is 0 Å². The van der Waals surface area contributed by atoms with E-state index in [0.717, 1.165) is 44.5 Å². The first-order valence-electron chi connectivity index (χ1n) is 10.0. The predicted octanol–water partition coefficient (Wildman–Crippen LogP) is 2.90. The van der Waals surface area contributed by atoms with Crippen molar-refractivity contribution in [3.05, 3.63) is 59.8 Å². The Hall–Kier alpha value is -2.56. The molecule has 1 N–H and O–H groups in total. The number of benzene rings is 1. The number of nitrogens with zero attached hydrogens (tertiary/aromatic N) is 4. The van der Waals surface area contributed by atoms with Crippen LogP contribution in [0.3, 0.4) is 0 Å². The van der Waals surface area contributed by atoms with Gasteiger partial charge >= 0.3 is 0 Å². The first-order chi connectivity index (χ1) is 13.3. The molecule has 1 fully saturated rings. The molecular weight excluding hydrogens is 334 g/mol. The summed E-state index contributed by atoms with van der Waals surface area (Å²) in [5.74, 6) is 2.68. The monoisotopic (exact) mass is 363 g/mol. The van der Waals surface area contributed by atoms with Gasteiger partial charge in [-0.15, -0.1) is 0 Å². The van der Waals surface area contributed by atoms with Crippen molar-refractivity contribution in [3.8, 4) is 0 Å². The molecule has 1 aliphatic heterocycles. The number of pyridine rings is 1. The molecule has 0 amide bonds. The highest BCUT2D eigenvalue weighted by atomic mass is 15.4. The highest BCUT2D eigenvalue weighted by Crippen LogP contribution is 2.30. The van der Waals surface area contributed by atoms with Crippen molar-refractivity contribution in [2.45, 2.75) is 25.2 Å². The first kappa shape index (κ1) is 17.8. The van der Waals surface area contributed by atoms with Crippen LogP contribution < -0.4 is 10.2 Å². The van der Waals surface area contributed by atoms with Gasteiger partial charge in [-0.2, -0.15) is 0 Å². The third kappa shape index (κ3) is 4.07. The minimum Gasteiger partial charge on any atom is -0.356 e. The van der Waals surface area contributed by atoms with Crippen molar-refractivity contribution >= 4 is 11.8 Å². The molecule has 0 radical (unpaired) electrons. The van der Waals surface area contributed by atoms with Gasteiger partial charge in [0.15, 0.2) is 5.96 Å². The van der Waals surface area contributed by atoms with Crippen LogP contribution in [0.15, 0.2) is 53.7 Å². The second kappa shape index (κ2) is 8.42. The van der Waals surface area contributed by atoms with Crippen LogP contribution in [0.25, 0.3) is 0 Å². The fourth-order valence-corrected chi connectivity index (χ4v) is 4.30. The molecule has 0 bridgehead atoms. The van der Waals surface area contributed by atoms with Crippen molar-refractivity contribution in [1.82, 2.24) is 15.2 Å². The molecule has 4 rings (SSSR count). The Bertz CT molecular complexity index is 765. The Balaban J connectivity index is 1.33. The van der Waals surface area contributed by atoms with E-state index in [2.05, 4.69) is 61.5 Å². The number of anilines is 1. The van der Waals surface area contributed by atoms with Gasteiger partial charge < -0.3 is 15.1 Å². The van der Waals surface area contributed by atoms with Gasteiger partial charge in [0, 0.05) is 51.9 Å². The molecule has 27 heavy (non-hydrogen) atoms. The van der Waals surface area contributed by atoms with Gasteiger partial charge in [-0.25, -0.2) is 4.98 Å². The predicted molar refractivity (Wildman–Crippen MR) is 112 cm³/mol. The largest absolute Gasteiger partial charge is 0.356 e. The number of hydrogen-bond donors (Lipinski definition) is 1. The van der Waals surface area contributed by atoms with Crippen molar-refractivity contribution in [1.29, 1.82) is 0 Å². The second-order valence-electron chi connectivity index (χ2n) is 7.38. The summed E-state index contributed by atoms with van der Waals surface area (Å²) in [6, 6.07) is 15.0. The molecule has 2 aliphatic rings. The third-order valence-corrected chi connectivity index (χ3v) is 5.76. The Kier molecular flexibility index (Phi) is 5.56. The number of aliphatic imine (C=N–C) groups is 1. The highest BCUT2D eigenvalue weighted by Gasteiger charge is 2.23. The number of hydrogen-bond acceptors (Lipinski definition) is 3. The Morgan fingerprint density at radius 3 is 2.70 bits per heavy atom. The maximum Gasteiger partial charge on any atom is 0.193 e. The van der Waals surface area contributed by atoms with Gasteiger partial charge in [0.2, 0.25) is 0 Å². The van der Waals surface area contributed by atoms with E-state index < -0.39 is 0 Å². The average molecular weight is 364 g/mol. The van der Waals surface area contributed by atoms with Gasteiger partial charge in [-0.3, -0.25) is 4.99 Å². The lowest BCUT2D eigenvalue weighted by Gasteiger charge is -2.37. The molecular formula is C22H29N5. The number of rotatable bonds is 3. The van der Waals surface area contributed by atoms with Crippen LogP contribution in [-0.4, -0.2) is 55.6 Å². The molecule has 0 saturated carbocycles. The average Bonchev–Trinajstić information content (AvgIpc) is 2.75.